The third-order valence-corrected chi connectivity index (χ3v) is 4.84. The number of nitrogens with zero attached hydrogens (tertiary/aromatic N) is 3. The van der Waals surface area contributed by atoms with Crippen LogP contribution in [0.3, 0.4) is 0 Å². The molecule has 0 atom stereocenters. The third kappa shape index (κ3) is 5.35. The van der Waals surface area contributed by atoms with Gasteiger partial charge in [0.15, 0.2) is 6.61 Å². The summed E-state index contributed by atoms with van der Waals surface area (Å²) in [6.07, 6.45) is 0.959. The van der Waals surface area contributed by atoms with Crippen molar-refractivity contribution in [1.29, 1.82) is 0 Å². The first-order valence-electron chi connectivity index (χ1n) is 9.56. The molecule has 0 fully saturated rings. The summed E-state index contributed by atoms with van der Waals surface area (Å²) in [6, 6.07) is 14.9. The van der Waals surface area contributed by atoms with E-state index in [1.807, 2.05) is 56.3 Å². The van der Waals surface area contributed by atoms with Crippen molar-refractivity contribution in [3.05, 3.63) is 65.0 Å². The normalized spacial score (nSPS) is 10.9. The van der Waals surface area contributed by atoms with Crippen LogP contribution < -0.4 is 4.74 Å². The van der Waals surface area contributed by atoms with Gasteiger partial charge in [-0.15, -0.1) is 10.2 Å². The number of carbonyl (C=O) groups excluding carboxylic acids is 1. The molecule has 0 unspecified atom stereocenters. The molecule has 2 aromatic carbocycles. The zero-order valence-electron chi connectivity index (χ0n) is 16.8. The zero-order chi connectivity index (χ0) is 20.8. The molecule has 152 valence electrons. The van der Waals surface area contributed by atoms with Gasteiger partial charge in [-0.25, -0.2) is 0 Å². The predicted octanol–water partition coefficient (Wildman–Crippen LogP) is 4.77. The minimum absolute atomic E-state index is 0.0516. The van der Waals surface area contributed by atoms with Gasteiger partial charge in [0.25, 0.3) is 5.91 Å². The molecule has 3 aromatic rings. The molecule has 0 aliphatic rings. The summed E-state index contributed by atoms with van der Waals surface area (Å²) in [5, 5.41) is 8.65. The summed E-state index contributed by atoms with van der Waals surface area (Å²) in [6.45, 7) is 6.09. The molecule has 0 aliphatic heterocycles. The second-order valence-electron chi connectivity index (χ2n) is 6.88. The van der Waals surface area contributed by atoms with E-state index in [1.54, 1.807) is 11.0 Å². The van der Waals surface area contributed by atoms with E-state index in [2.05, 4.69) is 17.1 Å². The maximum atomic E-state index is 12.7. The van der Waals surface area contributed by atoms with Crippen molar-refractivity contribution in [3.63, 3.8) is 0 Å². The van der Waals surface area contributed by atoms with Crippen molar-refractivity contribution < 1.29 is 13.9 Å². The number of amides is 1. The SMILES string of the molecule is CCc1ccc(OCC(=O)N(Cc2nnc(-c3ccccc3Cl)o2)C(C)C)cc1. The van der Waals surface area contributed by atoms with Crippen molar-refractivity contribution in [1.82, 2.24) is 15.1 Å². The number of benzene rings is 2. The molecule has 0 spiro atoms. The van der Waals surface area contributed by atoms with Gasteiger partial charge in [-0.3, -0.25) is 4.79 Å². The van der Waals surface area contributed by atoms with Gasteiger partial charge < -0.3 is 14.1 Å². The van der Waals surface area contributed by atoms with Crippen LogP contribution in [0.5, 0.6) is 5.75 Å². The summed E-state index contributed by atoms with van der Waals surface area (Å²) in [4.78, 5) is 14.3. The third-order valence-electron chi connectivity index (χ3n) is 4.51. The van der Waals surface area contributed by atoms with Crippen LogP contribution in [0.15, 0.2) is 52.9 Å². The fourth-order valence-electron chi connectivity index (χ4n) is 2.81. The van der Waals surface area contributed by atoms with Crippen LogP contribution in [0.25, 0.3) is 11.5 Å². The van der Waals surface area contributed by atoms with Gasteiger partial charge in [0, 0.05) is 6.04 Å². The number of aryl methyl sites for hydroxylation is 1. The molecular weight excluding hydrogens is 390 g/mol. The van der Waals surface area contributed by atoms with Crippen molar-refractivity contribution in [2.45, 2.75) is 39.8 Å². The van der Waals surface area contributed by atoms with Crippen LogP contribution in [0.2, 0.25) is 5.02 Å². The molecule has 0 radical (unpaired) electrons. The molecule has 7 heteroatoms. The van der Waals surface area contributed by atoms with Gasteiger partial charge in [0.1, 0.15) is 5.75 Å². The van der Waals surface area contributed by atoms with Gasteiger partial charge in [0.2, 0.25) is 11.8 Å². The van der Waals surface area contributed by atoms with Gasteiger partial charge in [-0.2, -0.15) is 0 Å². The number of aromatic nitrogens is 2. The summed E-state index contributed by atoms with van der Waals surface area (Å²) >= 11 is 6.18. The maximum Gasteiger partial charge on any atom is 0.261 e. The van der Waals surface area contributed by atoms with E-state index in [1.165, 1.54) is 5.56 Å². The van der Waals surface area contributed by atoms with Gasteiger partial charge in [0.05, 0.1) is 17.1 Å². The summed E-state index contributed by atoms with van der Waals surface area (Å²) < 4.78 is 11.4. The molecular formula is C22H24ClN3O3. The fourth-order valence-corrected chi connectivity index (χ4v) is 3.03. The highest BCUT2D eigenvalue weighted by Crippen LogP contribution is 2.26. The maximum absolute atomic E-state index is 12.7. The number of hydrogen-bond acceptors (Lipinski definition) is 5. The van der Waals surface area contributed by atoms with E-state index in [0.29, 0.717) is 28.1 Å². The summed E-state index contributed by atoms with van der Waals surface area (Å²) in [7, 11) is 0. The Morgan fingerprint density at radius 1 is 1.14 bits per heavy atom. The minimum Gasteiger partial charge on any atom is -0.484 e. The summed E-state index contributed by atoms with van der Waals surface area (Å²) in [5.41, 5.74) is 1.88. The minimum atomic E-state index is -0.155. The lowest BCUT2D eigenvalue weighted by molar-refractivity contribution is -0.136. The first-order valence-corrected chi connectivity index (χ1v) is 9.94. The lowest BCUT2D eigenvalue weighted by Gasteiger charge is -2.25. The van der Waals surface area contributed by atoms with Gasteiger partial charge >= 0.3 is 0 Å². The molecule has 29 heavy (non-hydrogen) atoms. The van der Waals surface area contributed by atoms with Crippen LogP contribution in [0.4, 0.5) is 0 Å². The average molecular weight is 414 g/mol. The molecule has 0 N–H and O–H groups in total. The molecule has 0 bridgehead atoms. The van der Waals surface area contributed by atoms with E-state index < -0.39 is 0 Å². The number of halogens is 1. The Hall–Kier alpha value is -2.86. The van der Waals surface area contributed by atoms with E-state index in [9.17, 15) is 4.79 Å². The first-order chi connectivity index (χ1) is 14.0. The molecule has 0 aliphatic carbocycles. The van der Waals surface area contributed by atoms with Crippen LogP contribution in [0.1, 0.15) is 32.2 Å². The Balaban J connectivity index is 1.65. The number of ether oxygens (including phenoxy) is 1. The topological polar surface area (TPSA) is 68.5 Å². The fraction of sp³-hybridized carbons (Fsp3) is 0.318. The van der Waals surface area contributed by atoms with Crippen molar-refractivity contribution in [3.8, 4) is 17.2 Å². The van der Waals surface area contributed by atoms with E-state index in [4.69, 9.17) is 20.8 Å². The summed E-state index contributed by atoms with van der Waals surface area (Å²) in [5.74, 6) is 1.18. The first kappa shape index (κ1) is 20.9. The Morgan fingerprint density at radius 3 is 2.52 bits per heavy atom. The number of carbonyl (C=O) groups is 1. The van der Waals surface area contributed by atoms with Crippen molar-refractivity contribution in [2.75, 3.05) is 6.61 Å². The molecule has 3 rings (SSSR count). The van der Waals surface area contributed by atoms with Gasteiger partial charge in [-0.05, 0) is 50.1 Å². The zero-order valence-corrected chi connectivity index (χ0v) is 17.5. The monoisotopic (exact) mass is 413 g/mol. The molecule has 0 saturated carbocycles. The second-order valence-corrected chi connectivity index (χ2v) is 7.29. The number of hydrogen-bond donors (Lipinski definition) is 0. The van der Waals surface area contributed by atoms with Crippen LogP contribution >= 0.6 is 11.6 Å². The smallest absolute Gasteiger partial charge is 0.261 e. The molecule has 1 amide bonds. The van der Waals surface area contributed by atoms with E-state index in [0.717, 1.165) is 6.42 Å². The largest absolute Gasteiger partial charge is 0.484 e. The highest BCUT2D eigenvalue weighted by Gasteiger charge is 2.21. The molecule has 0 saturated heterocycles. The van der Waals surface area contributed by atoms with E-state index >= 15 is 0 Å². The van der Waals surface area contributed by atoms with Crippen molar-refractivity contribution >= 4 is 17.5 Å². The predicted molar refractivity (Wildman–Crippen MR) is 112 cm³/mol. The Labute approximate surface area is 175 Å². The molecule has 6 nitrogen and oxygen atoms in total. The van der Waals surface area contributed by atoms with Gasteiger partial charge in [-0.1, -0.05) is 42.8 Å². The lowest BCUT2D eigenvalue weighted by atomic mass is 10.2. The Kier molecular flexibility index (Phi) is 6.88. The van der Waals surface area contributed by atoms with Crippen LogP contribution in [-0.2, 0) is 17.8 Å². The molecule has 1 aromatic heterocycles. The van der Waals surface area contributed by atoms with E-state index in [-0.39, 0.29) is 25.1 Å². The second kappa shape index (κ2) is 9.56. The highest BCUT2D eigenvalue weighted by atomic mass is 35.5. The molecule has 1 heterocycles. The quantitative estimate of drug-likeness (QED) is 0.532. The average Bonchev–Trinajstić information content (AvgIpc) is 3.19. The Morgan fingerprint density at radius 2 is 1.86 bits per heavy atom. The van der Waals surface area contributed by atoms with Crippen LogP contribution in [0, 0.1) is 0 Å². The highest BCUT2D eigenvalue weighted by molar-refractivity contribution is 6.33. The number of rotatable bonds is 8. The standard InChI is InChI=1S/C22H24ClN3O3/c1-4-16-9-11-17(12-10-16)28-14-21(27)26(15(2)3)13-20-24-25-22(29-20)18-7-5-6-8-19(18)23/h5-12,15H,4,13-14H2,1-3H3. The van der Waals surface area contributed by atoms with Crippen LogP contribution in [-0.4, -0.2) is 33.7 Å². The lowest BCUT2D eigenvalue weighted by Crippen LogP contribution is -2.39. The van der Waals surface area contributed by atoms with Crippen molar-refractivity contribution in [2.24, 2.45) is 0 Å². The Bertz CT molecular complexity index is 954.